The molecule has 2 aromatic heterocycles. The van der Waals surface area contributed by atoms with Gasteiger partial charge in [-0.3, -0.25) is 4.90 Å². The number of aromatic nitrogens is 3. The lowest BCUT2D eigenvalue weighted by molar-refractivity contribution is 0.249. The zero-order valence-electron chi connectivity index (χ0n) is 20.1. The lowest BCUT2D eigenvalue weighted by Gasteiger charge is -2.36. The Labute approximate surface area is 196 Å². The molecule has 0 spiro atoms. The third kappa shape index (κ3) is 4.38. The van der Waals surface area contributed by atoms with E-state index < -0.39 is 0 Å². The van der Waals surface area contributed by atoms with Gasteiger partial charge in [0.1, 0.15) is 5.82 Å². The minimum absolute atomic E-state index is 0.0439. The summed E-state index contributed by atoms with van der Waals surface area (Å²) in [4.78, 5) is 10.2. The summed E-state index contributed by atoms with van der Waals surface area (Å²) in [7, 11) is 0. The normalized spacial score (nSPS) is 15.3. The average Bonchev–Trinajstić information content (AvgIpc) is 3.15. The van der Waals surface area contributed by atoms with Gasteiger partial charge in [0.25, 0.3) is 0 Å². The minimum atomic E-state index is -0.0439. The number of nitrogens with zero attached hydrogens (tertiary/aromatic N) is 5. The van der Waals surface area contributed by atoms with Crippen LogP contribution in [0.1, 0.15) is 37.7 Å². The monoisotopic (exact) mass is 439 g/mol. The quantitative estimate of drug-likeness (QED) is 0.431. The standard InChI is InChI=1S/C28H33N5/c1-21-26(23-13-9-6-10-14-23)27-29-24(28(2,3)4)19-25(33(27)30-21)32-17-15-31(16-18-32)20-22-11-7-5-8-12-22/h5-14,19H,15-18,20H2,1-4H3. The highest BCUT2D eigenvalue weighted by molar-refractivity contribution is 5.81. The molecule has 0 saturated carbocycles. The Bertz CT molecular complexity index is 1230. The van der Waals surface area contributed by atoms with E-state index in [2.05, 4.69) is 109 Å². The molecule has 0 aliphatic carbocycles. The van der Waals surface area contributed by atoms with Crippen LogP contribution in [-0.4, -0.2) is 45.7 Å². The van der Waals surface area contributed by atoms with Crippen LogP contribution in [0.25, 0.3) is 16.8 Å². The predicted molar refractivity (Wildman–Crippen MR) is 136 cm³/mol. The number of hydrogen-bond donors (Lipinski definition) is 0. The summed E-state index contributed by atoms with van der Waals surface area (Å²) in [6, 6.07) is 23.5. The summed E-state index contributed by atoms with van der Waals surface area (Å²) in [5.41, 5.74) is 6.71. The van der Waals surface area contributed by atoms with Crippen molar-refractivity contribution >= 4 is 11.5 Å². The molecule has 170 valence electrons. The molecule has 2 aromatic carbocycles. The molecule has 0 unspecified atom stereocenters. The number of anilines is 1. The number of aryl methyl sites for hydroxylation is 1. The summed E-state index contributed by atoms with van der Waals surface area (Å²) in [5.74, 6) is 1.15. The second-order valence-electron chi connectivity index (χ2n) is 10.1. The molecule has 0 bridgehead atoms. The topological polar surface area (TPSA) is 36.7 Å². The van der Waals surface area contributed by atoms with Crippen molar-refractivity contribution in [2.24, 2.45) is 0 Å². The Morgan fingerprint density at radius 1 is 0.848 bits per heavy atom. The number of fused-ring (bicyclic) bond motifs is 1. The Morgan fingerprint density at radius 2 is 1.48 bits per heavy atom. The smallest absolute Gasteiger partial charge is 0.165 e. The molecule has 1 aliphatic heterocycles. The van der Waals surface area contributed by atoms with Gasteiger partial charge in [-0.1, -0.05) is 81.4 Å². The van der Waals surface area contributed by atoms with Gasteiger partial charge >= 0.3 is 0 Å². The van der Waals surface area contributed by atoms with E-state index in [0.29, 0.717) is 0 Å². The summed E-state index contributed by atoms with van der Waals surface area (Å²) in [6.07, 6.45) is 0. The lowest BCUT2D eigenvalue weighted by Crippen LogP contribution is -2.46. The van der Waals surface area contributed by atoms with Crippen LogP contribution >= 0.6 is 0 Å². The second kappa shape index (κ2) is 8.64. The van der Waals surface area contributed by atoms with Gasteiger partial charge < -0.3 is 4.90 Å². The molecule has 5 nitrogen and oxygen atoms in total. The van der Waals surface area contributed by atoms with Crippen molar-refractivity contribution in [1.82, 2.24) is 19.5 Å². The molecule has 33 heavy (non-hydrogen) atoms. The van der Waals surface area contributed by atoms with E-state index >= 15 is 0 Å². The van der Waals surface area contributed by atoms with E-state index in [1.54, 1.807) is 0 Å². The molecule has 4 aromatic rings. The SMILES string of the molecule is Cc1nn2c(N3CCN(Cc4ccccc4)CC3)cc(C(C)(C)C)nc2c1-c1ccccc1. The van der Waals surface area contributed by atoms with E-state index in [9.17, 15) is 0 Å². The summed E-state index contributed by atoms with van der Waals surface area (Å²) >= 11 is 0. The summed E-state index contributed by atoms with van der Waals surface area (Å²) in [5, 5.41) is 4.97. The van der Waals surface area contributed by atoms with Gasteiger partial charge in [0.15, 0.2) is 5.65 Å². The largest absolute Gasteiger partial charge is 0.354 e. The Hall–Kier alpha value is -3.18. The Balaban J connectivity index is 1.50. The number of rotatable bonds is 4. The van der Waals surface area contributed by atoms with Gasteiger partial charge in [0, 0.05) is 49.8 Å². The summed E-state index contributed by atoms with van der Waals surface area (Å²) < 4.78 is 2.07. The zero-order valence-corrected chi connectivity index (χ0v) is 20.1. The molecule has 0 amide bonds. The second-order valence-corrected chi connectivity index (χ2v) is 10.1. The van der Waals surface area contributed by atoms with Gasteiger partial charge in [-0.05, 0) is 18.1 Å². The van der Waals surface area contributed by atoms with Crippen LogP contribution in [0.5, 0.6) is 0 Å². The van der Waals surface area contributed by atoms with Gasteiger partial charge in [0.05, 0.1) is 11.4 Å². The highest BCUT2D eigenvalue weighted by Crippen LogP contribution is 2.33. The van der Waals surface area contributed by atoms with Crippen LogP contribution in [0.3, 0.4) is 0 Å². The van der Waals surface area contributed by atoms with E-state index in [1.807, 2.05) is 0 Å². The fraction of sp³-hybridized carbons (Fsp3) is 0.357. The first-order valence-electron chi connectivity index (χ1n) is 11.9. The first-order chi connectivity index (χ1) is 15.9. The molecule has 5 heteroatoms. The highest BCUT2D eigenvalue weighted by atomic mass is 15.4. The van der Waals surface area contributed by atoms with E-state index in [4.69, 9.17) is 10.1 Å². The van der Waals surface area contributed by atoms with Crippen LogP contribution in [0, 0.1) is 6.92 Å². The molecule has 1 fully saturated rings. The van der Waals surface area contributed by atoms with Crippen molar-refractivity contribution in [2.75, 3.05) is 31.1 Å². The van der Waals surface area contributed by atoms with Crippen LogP contribution in [0.4, 0.5) is 5.82 Å². The fourth-order valence-electron chi connectivity index (χ4n) is 4.64. The molecule has 0 atom stereocenters. The fourth-order valence-corrected chi connectivity index (χ4v) is 4.64. The van der Waals surface area contributed by atoms with E-state index in [1.165, 1.54) is 11.1 Å². The molecule has 0 N–H and O–H groups in total. The van der Waals surface area contributed by atoms with E-state index in [0.717, 1.165) is 61.1 Å². The number of piperazine rings is 1. The van der Waals surface area contributed by atoms with Crippen molar-refractivity contribution < 1.29 is 0 Å². The first-order valence-corrected chi connectivity index (χ1v) is 11.9. The van der Waals surface area contributed by atoms with Gasteiger partial charge in [-0.2, -0.15) is 9.61 Å². The molecule has 0 radical (unpaired) electrons. The van der Waals surface area contributed by atoms with Crippen LogP contribution in [-0.2, 0) is 12.0 Å². The highest BCUT2D eigenvalue weighted by Gasteiger charge is 2.26. The number of benzene rings is 2. The third-order valence-corrected chi connectivity index (χ3v) is 6.52. The number of hydrogen-bond acceptors (Lipinski definition) is 4. The average molecular weight is 440 g/mol. The zero-order chi connectivity index (χ0) is 23.0. The van der Waals surface area contributed by atoms with Crippen molar-refractivity contribution in [3.8, 4) is 11.1 Å². The Morgan fingerprint density at radius 3 is 2.12 bits per heavy atom. The van der Waals surface area contributed by atoms with Crippen molar-refractivity contribution in [3.05, 3.63) is 83.7 Å². The van der Waals surface area contributed by atoms with Crippen molar-refractivity contribution in [3.63, 3.8) is 0 Å². The molecule has 1 aliphatic rings. The van der Waals surface area contributed by atoms with Crippen LogP contribution in [0.2, 0.25) is 0 Å². The van der Waals surface area contributed by atoms with Crippen molar-refractivity contribution in [2.45, 2.75) is 39.7 Å². The minimum Gasteiger partial charge on any atom is -0.354 e. The molecule has 3 heterocycles. The maximum atomic E-state index is 5.13. The van der Waals surface area contributed by atoms with Crippen LogP contribution < -0.4 is 4.90 Å². The summed E-state index contributed by atoms with van der Waals surface area (Å²) in [6.45, 7) is 13.8. The third-order valence-electron chi connectivity index (χ3n) is 6.52. The van der Waals surface area contributed by atoms with E-state index in [-0.39, 0.29) is 5.41 Å². The van der Waals surface area contributed by atoms with Gasteiger partial charge in [0.2, 0.25) is 0 Å². The van der Waals surface area contributed by atoms with Gasteiger partial charge in [-0.15, -0.1) is 0 Å². The Kier molecular flexibility index (Phi) is 5.67. The maximum Gasteiger partial charge on any atom is 0.165 e. The molecular weight excluding hydrogens is 406 g/mol. The van der Waals surface area contributed by atoms with Crippen LogP contribution in [0.15, 0.2) is 66.7 Å². The first kappa shape index (κ1) is 21.7. The molecule has 5 rings (SSSR count). The van der Waals surface area contributed by atoms with Crippen molar-refractivity contribution in [1.29, 1.82) is 0 Å². The molecular formula is C28H33N5. The lowest BCUT2D eigenvalue weighted by atomic mass is 9.91. The maximum absolute atomic E-state index is 5.13. The van der Waals surface area contributed by atoms with Gasteiger partial charge in [-0.25, -0.2) is 4.98 Å². The predicted octanol–water partition coefficient (Wildman–Crippen LogP) is 5.32. The molecule has 1 saturated heterocycles.